The van der Waals surface area contributed by atoms with Crippen molar-refractivity contribution in [3.63, 3.8) is 0 Å². The molecule has 1 heteroatoms. The molecule has 1 aliphatic carbocycles. The molecule has 2 aromatic carbocycles. The second-order valence-electron chi connectivity index (χ2n) is 4.60. The van der Waals surface area contributed by atoms with E-state index in [2.05, 4.69) is 18.2 Å². The van der Waals surface area contributed by atoms with Gasteiger partial charge in [0.25, 0.3) is 0 Å². The van der Waals surface area contributed by atoms with Gasteiger partial charge in [0, 0.05) is 12.0 Å². The number of ketones is 1. The van der Waals surface area contributed by atoms with Gasteiger partial charge in [0.1, 0.15) is 0 Å². The summed E-state index contributed by atoms with van der Waals surface area (Å²) in [6, 6.07) is 18.3. The van der Waals surface area contributed by atoms with E-state index in [1.807, 2.05) is 36.4 Å². The number of fused-ring (bicyclic) bond motifs is 1. The second-order valence-corrected chi connectivity index (χ2v) is 4.60. The standard InChI is InChI=1S/C16H14O/c17-16-11-14(12-6-2-1-3-7-12)10-13-8-4-5-9-15(13)16/h1-9,14H,10-11H2. The molecule has 0 N–H and O–H groups in total. The van der Waals surface area contributed by atoms with Gasteiger partial charge < -0.3 is 0 Å². The zero-order valence-electron chi connectivity index (χ0n) is 9.60. The van der Waals surface area contributed by atoms with Crippen molar-refractivity contribution in [1.82, 2.24) is 0 Å². The van der Waals surface area contributed by atoms with E-state index >= 15 is 0 Å². The number of hydrogen-bond acceptors (Lipinski definition) is 1. The molecule has 1 unspecified atom stereocenters. The summed E-state index contributed by atoms with van der Waals surface area (Å²) in [5, 5.41) is 0. The van der Waals surface area contributed by atoms with Crippen molar-refractivity contribution in [1.29, 1.82) is 0 Å². The van der Waals surface area contributed by atoms with Gasteiger partial charge in [-0.2, -0.15) is 0 Å². The van der Waals surface area contributed by atoms with Gasteiger partial charge in [-0.25, -0.2) is 0 Å². The van der Waals surface area contributed by atoms with Crippen LogP contribution in [-0.2, 0) is 6.42 Å². The fourth-order valence-corrected chi connectivity index (χ4v) is 2.60. The Morgan fingerprint density at radius 1 is 0.824 bits per heavy atom. The summed E-state index contributed by atoms with van der Waals surface area (Å²) in [5.74, 6) is 0.624. The summed E-state index contributed by atoms with van der Waals surface area (Å²) < 4.78 is 0. The van der Waals surface area contributed by atoms with Crippen molar-refractivity contribution < 1.29 is 4.79 Å². The number of hydrogen-bond donors (Lipinski definition) is 0. The smallest absolute Gasteiger partial charge is 0.163 e. The molecule has 1 aliphatic rings. The maximum absolute atomic E-state index is 12.1. The molecule has 2 aromatic rings. The minimum absolute atomic E-state index is 0.278. The lowest BCUT2D eigenvalue weighted by Crippen LogP contribution is -2.18. The lowest BCUT2D eigenvalue weighted by atomic mass is 9.79. The molecule has 0 aromatic heterocycles. The molecular weight excluding hydrogens is 208 g/mol. The number of carbonyl (C=O) groups excluding carboxylic acids is 1. The van der Waals surface area contributed by atoms with Crippen LogP contribution in [0.1, 0.15) is 33.8 Å². The number of Topliss-reactive ketones (excluding diaryl/α,β-unsaturated/α-hetero) is 1. The van der Waals surface area contributed by atoms with Gasteiger partial charge in [0.05, 0.1) is 0 Å². The van der Waals surface area contributed by atoms with Crippen LogP contribution in [0.3, 0.4) is 0 Å². The molecule has 84 valence electrons. The predicted molar refractivity (Wildman–Crippen MR) is 68.3 cm³/mol. The maximum Gasteiger partial charge on any atom is 0.163 e. The number of benzene rings is 2. The zero-order chi connectivity index (χ0) is 11.7. The molecule has 0 radical (unpaired) electrons. The molecule has 3 rings (SSSR count). The van der Waals surface area contributed by atoms with Gasteiger partial charge in [-0.3, -0.25) is 4.79 Å². The van der Waals surface area contributed by atoms with E-state index in [4.69, 9.17) is 0 Å². The van der Waals surface area contributed by atoms with Gasteiger partial charge in [-0.15, -0.1) is 0 Å². The second kappa shape index (κ2) is 4.17. The van der Waals surface area contributed by atoms with E-state index in [1.54, 1.807) is 0 Å². The van der Waals surface area contributed by atoms with Gasteiger partial charge in [0.2, 0.25) is 0 Å². The molecule has 0 aliphatic heterocycles. The van der Waals surface area contributed by atoms with Crippen LogP contribution in [0.25, 0.3) is 0 Å². The molecule has 0 amide bonds. The quantitative estimate of drug-likeness (QED) is 0.720. The first-order valence-electron chi connectivity index (χ1n) is 6.00. The SMILES string of the molecule is O=C1CC(c2ccccc2)Cc2ccccc21. The van der Waals surface area contributed by atoms with Crippen molar-refractivity contribution in [2.75, 3.05) is 0 Å². The molecule has 0 spiro atoms. The fourth-order valence-electron chi connectivity index (χ4n) is 2.60. The highest BCUT2D eigenvalue weighted by Crippen LogP contribution is 2.32. The molecule has 0 saturated carbocycles. The van der Waals surface area contributed by atoms with Crippen LogP contribution in [0, 0.1) is 0 Å². The highest BCUT2D eigenvalue weighted by molar-refractivity contribution is 5.99. The molecule has 1 nitrogen and oxygen atoms in total. The van der Waals surface area contributed by atoms with Crippen LogP contribution in [0.15, 0.2) is 54.6 Å². The van der Waals surface area contributed by atoms with Gasteiger partial charge in [-0.1, -0.05) is 54.6 Å². The third-order valence-corrected chi connectivity index (χ3v) is 3.49. The normalized spacial score (nSPS) is 18.8. The van der Waals surface area contributed by atoms with E-state index in [9.17, 15) is 4.79 Å². The van der Waals surface area contributed by atoms with Crippen LogP contribution < -0.4 is 0 Å². The van der Waals surface area contributed by atoms with Crippen molar-refractivity contribution in [2.45, 2.75) is 18.8 Å². The highest BCUT2D eigenvalue weighted by Gasteiger charge is 2.25. The maximum atomic E-state index is 12.1. The van der Waals surface area contributed by atoms with Crippen LogP contribution in [0.5, 0.6) is 0 Å². The molecule has 0 saturated heterocycles. The third-order valence-electron chi connectivity index (χ3n) is 3.49. The number of carbonyl (C=O) groups is 1. The summed E-state index contributed by atoms with van der Waals surface area (Å²) in [4.78, 5) is 12.1. The molecular formula is C16H14O. The van der Waals surface area contributed by atoms with E-state index in [0.717, 1.165) is 12.0 Å². The molecule has 17 heavy (non-hydrogen) atoms. The van der Waals surface area contributed by atoms with Crippen molar-refractivity contribution in [3.8, 4) is 0 Å². The first kappa shape index (κ1) is 10.3. The molecule has 0 bridgehead atoms. The largest absolute Gasteiger partial charge is 0.294 e. The molecule has 0 heterocycles. The van der Waals surface area contributed by atoms with Crippen molar-refractivity contribution >= 4 is 5.78 Å². The average Bonchev–Trinajstić information content (AvgIpc) is 2.40. The van der Waals surface area contributed by atoms with E-state index < -0.39 is 0 Å². The van der Waals surface area contributed by atoms with E-state index in [0.29, 0.717) is 12.3 Å². The van der Waals surface area contributed by atoms with Crippen LogP contribution >= 0.6 is 0 Å². The lowest BCUT2D eigenvalue weighted by Gasteiger charge is -2.23. The Labute approximate surface area is 101 Å². The van der Waals surface area contributed by atoms with Crippen LogP contribution in [0.4, 0.5) is 0 Å². The van der Waals surface area contributed by atoms with Crippen molar-refractivity contribution in [3.05, 3.63) is 71.3 Å². The summed E-state index contributed by atoms with van der Waals surface area (Å²) in [6.07, 6.45) is 1.62. The summed E-state index contributed by atoms with van der Waals surface area (Å²) >= 11 is 0. The molecule has 1 atom stereocenters. The Morgan fingerprint density at radius 3 is 2.35 bits per heavy atom. The predicted octanol–water partition coefficient (Wildman–Crippen LogP) is 3.60. The third kappa shape index (κ3) is 1.89. The van der Waals surface area contributed by atoms with Gasteiger partial charge in [-0.05, 0) is 23.5 Å². The monoisotopic (exact) mass is 222 g/mol. The number of rotatable bonds is 1. The average molecular weight is 222 g/mol. The topological polar surface area (TPSA) is 17.1 Å². The van der Waals surface area contributed by atoms with Gasteiger partial charge >= 0.3 is 0 Å². The highest BCUT2D eigenvalue weighted by atomic mass is 16.1. The Bertz CT molecular complexity index is 542. The minimum Gasteiger partial charge on any atom is -0.294 e. The van der Waals surface area contributed by atoms with E-state index in [-0.39, 0.29) is 5.78 Å². The summed E-state index contributed by atoms with van der Waals surface area (Å²) in [5.41, 5.74) is 3.38. The van der Waals surface area contributed by atoms with E-state index in [1.165, 1.54) is 11.1 Å². The van der Waals surface area contributed by atoms with Gasteiger partial charge in [0.15, 0.2) is 5.78 Å². The first-order chi connectivity index (χ1) is 8.34. The molecule has 0 fully saturated rings. The summed E-state index contributed by atoms with van der Waals surface area (Å²) in [7, 11) is 0. The lowest BCUT2D eigenvalue weighted by molar-refractivity contribution is 0.0964. The first-order valence-corrected chi connectivity index (χ1v) is 6.00. The van der Waals surface area contributed by atoms with Crippen LogP contribution in [-0.4, -0.2) is 5.78 Å². The minimum atomic E-state index is 0.278. The zero-order valence-corrected chi connectivity index (χ0v) is 9.60. The van der Waals surface area contributed by atoms with Crippen molar-refractivity contribution in [2.24, 2.45) is 0 Å². The fraction of sp³-hybridized carbons (Fsp3) is 0.188. The summed E-state index contributed by atoms with van der Waals surface area (Å²) in [6.45, 7) is 0. The Balaban J connectivity index is 1.97. The Kier molecular flexibility index (Phi) is 2.52. The van der Waals surface area contributed by atoms with Crippen LogP contribution in [0.2, 0.25) is 0 Å². The Morgan fingerprint density at radius 2 is 1.53 bits per heavy atom. The Hall–Kier alpha value is -1.89.